The van der Waals surface area contributed by atoms with Gasteiger partial charge in [-0.3, -0.25) is 9.13 Å². The van der Waals surface area contributed by atoms with Crippen molar-refractivity contribution in [3.8, 4) is 11.1 Å². The fourth-order valence-corrected chi connectivity index (χ4v) is 3.45. The van der Waals surface area contributed by atoms with Gasteiger partial charge < -0.3 is 4.98 Å². The van der Waals surface area contributed by atoms with Gasteiger partial charge in [0.2, 0.25) is 0 Å². The molecule has 0 saturated heterocycles. The normalized spacial score (nSPS) is 12.3. The van der Waals surface area contributed by atoms with E-state index in [0.717, 1.165) is 27.7 Å². The van der Waals surface area contributed by atoms with Gasteiger partial charge in [-0.1, -0.05) is 32.9 Å². The van der Waals surface area contributed by atoms with Crippen LogP contribution in [0.2, 0.25) is 0 Å². The first-order chi connectivity index (χ1) is 11.8. The topological polar surface area (TPSA) is 42.7 Å². The molecule has 2 aromatic heterocycles. The van der Waals surface area contributed by atoms with Crippen molar-refractivity contribution in [2.45, 2.75) is 27.3 Å². The molecule has 2 aromatic carbocycles. The zero-order chi connectivity index (χ0) is 17.8. The van der Waals surface area contributed by atoms with Crippen molar-refractivity contribution in [3.05, 3.63) is 59.1 Å². The summed E-state index contributed by atoms with van der Waals surface area (Å²) in [7, 11) is 1.85. The maximum atomic E-state index is 12.7. The van der Waals surface area contributed by atoms with Crippen LogP contribution in [0.1, 0.15) is 20.8 Å². The number of nitrogens with zero attached hydrogens (tertiary/aromatic N) is 2. The number of hydrogen-bond acceptors (Lipinski definition) is 1. The van der Waals surface area contributed by atoms with Crippen molar-refractivity contribution in [1.82, 2.24) is 14.1 Å². The molecule has 0 radical (unpaired) electrons. The Bertz CT molecular complexity index is 1140. The zero-order valence-corrected chi connectivity index (χ0v) is 15.1. The van der Waals surface area contributed by atoms with Crippen LogP contribution in [0.25, 0.3) is 33.1 Å². The predicted octanol–water partition coefficient (Wildman–Crippen LogP) is 4.53. The average molecular weight is 333 g/mol. The van der Waals surface area contributed by atoms with Crippen LogP contribution in [0.4, 0.5) is 0 Å². The standard InChI is InChI=1S/C21H23N3O/c1-21(2,3)13-24-18-8-6-15(12-19(18)23(4)20(24)25)14-5-7-17-16(11-14)9-10-22-17/h5-12,22H,13H2,1-4H3. The summed E-state index contributed by atoms with van der Waals surface area (Å²) < 4.78 is 3.63. The van der Waals surface area contributed by atoms with E-state index in [0.29, 0.717) is 6.54 Å². The van der Waals surface area contributed by atoms with Crippen molar-refractivity contribution >= 4 is 21.9 Å². The van der Waals surface area contributed by atoms with Gasteiger partial charge in [-0.25, -0.2) is 4.79 Å². The van der Waals surface area contributed by atoms with Gasteiger partial charge in [-0.15, -0.1) is 0 Å². The van der Waals surface area contributed by atoms with Gasteiger partial charge in [0.25, 0.3) is 0 Å². The van der Waals surface area contributed by atoms with Gasteiger partial charge >= 0.3 is 5.69 Å². The van der Waals surface area contributed by atoms with E-state index in [1.165, 1.54) is 5.39 Å². The number of aromatic amines is 1. The molecule has 0 aliphatic rings. The molecule has 0 saturated carbocycles. The number of benzene rings is 2. The van der Waals surface area contributed by atoms with Gasteiger partial charge in [0, 0.05) is 25.3 Å². The van der Waals surface area contributed by atoms with Gasteiger partial charge in [0.05, 0.1) is 11.0 Å². The number of aryl methyl sites for hydroxylation is 1. The fraction of sp³-hybridized carbons (Fsp3) is 0.286. The largest absolute Gasteiger partial charge is 0.361 e. The van der Waals surface area contributed by atoms with E-state index in [-0.39, 0.29) is 11.1 Å². The summed E-state index contributed by atoms with van der Waals surface area (Å²) in [5, 5.41) is 1.19. The fourth-order valence-electron chi connectivity index (χ4n) is 3.45. The molecule has 0 amide bonds. The van der Waals surface area contributed by atoms with Crippen LogP contribution in [0.5, 0.6) is 0 Å². The number of fused-ring (bicyclic) bond motifs is 2. The second-order valence-corrected chi connectivity index (χ2v) is 7.97. The lowest BCUT2D eigenvalue weighted by Gasteiger charge is -2.18. The predicted molar refractivity (Wildman–Crippen MR) is 104 cm³/mol. The first-order valence-corrected chi connectivity index (χ1v) is 8.60. The lowest BCUT2D eigenvalue weighted by Crippen LogP contribution is -2.27. The Morgan fingerprint density at radius 1 is 0.960 bits per heavy atom. The van der Waals surface area contributed by atoms with Crippen molar-refractivity contribution in [2.75, 3.05) is 0 Å². The number of aromatic nitrogens is 3. The Morgan fingerprint density at radius 3 is 2.44 bits per heavy atom. The highest BCUT2D eigenvalue weighted by Crippen LogP contribution is 2.28. The molecule has 2 heterocycles. The van der Waals surface area contributed by atoms with E-state index in [9.17, 15) is 4.79 Å². The summed E-state index contributed by atoms with van der Waals surface area (Å²) in [5.41, 5.74) is 5.48. The highest BCUT2D eigenvalue weighted by atomic mass is 16.1. The third-order valence-electron chi connectivity index (χ3n) is 4.66. The maximum absolute atomic E-state index is 12.7. The van der Waals surface area contributed by atoms with E-state index in [1.54, 1.807) is 4.57 Å². The first-order valence-electron chi connectivity index (χ1n) is 8.60. The molecule has 4 heteroatoms. The van der Waals surface area contributed by atoms with Gasteiger partial charge in [-0.2, -0.15) is 0 Å². The van der Waals surface area contributed by atoms with Gasteiger partial charge in [-0.05, 0) is 52.3 Å². The summed E-state index contributed by atoms with van der Waals surface area (Å²) >= 11 is 0. The number of rotatable bonds is 2. The molecule has 0 aliphatic carbocycles. The molecular formula is C21H23N3O. The highest BCUT2D eigenvalue weighted by Gasteiger charge is 2.18. The summed E-state index contributed by atoms with van der Waals surface area (Å²) in [6.07, 6.45) is 1.95. The van der Waals surface area contributed by atoms with Gasteiger partial charge in [0.15, 0.2) is 0 Å². The SMILES string of the molecule is Cn1c(=O)n(CC(C)(C)C)c2ccc(-c3ccc4[nH]ccc4c3)cc21. The van der Waals surface area contributed by atoms with Crippen molar-refractivity contribution in [1.29, 1.82) is 0 Å². The molecule has 0 bridgehead atoms. The van der Waals surface area contributed by atoms with E-state index in [1.807, 2.05) is 17.8 Å². The molecule has 1 N–H and O–H groups in total. The molecule has 0 fully saturated rings. The van der Waals surface area contributed by atoms with Crippen LogP contribution in [0.3, 0.4) is 0 Å². The molecule has 4 rings (SSSR count). The Labute approximate surface area is 146 Å². The second-order valence-electron chi connectivity index (χ2n) is 7.97. The molecule has 0 atom stereocenters. The summed E-state index contributed by atoms with van der Waals surface area (Å²) in [5.74, 6) is 0. The van der Waals surface area contributed by atoms with E-state index in [2.05, 4.69) is 68.2 Å². The molecule has 128 valence electrons. The van der Waals surface area contributed by atoms with Crippen LogP contribution < -0.4 is 5.69 Å². The van der Waals surface area contributed by atoms with Crippen molar-refractivity contribution in [2.24, 2.45) is 12.5 Å². The zero-order valence-electron chi connectivity index (χ0n) is 15.1. The lowest BCUT2D eigenvalue weighted by atomic mass is 9.97. The third kappa shape index (κ3) is 2.68. The molecule has 0 aliphatic heterocycles. The smallest absolute Gasteiger partial charge is 0.328 e. The lowest BCUT2D eigenvalue weighted by molar-refractivity contribution is 0.342. The highest BCUT2D eigenvalue weighted by molar-refractivity contribution is 5.88. The molecule has 25 heavy (non-hydrogen) atoms. The average Bonchev–Trinajstić information content (AvgIpc) is 3.12. The van der Waals surface area contributed by atoms with Crippen LogP contribution in [-0.2, 0) is 13.6 Å². The molecule has 4 aromatic rings. The van der Waals surface area contributed by atoms with E-state index < -0.39 is 0 Å². The Morgan fingerprint density at radius 2 is 1.68 bits per heavy atom. The van der Waals surface area contributed by atoms with Crippen LogP contribution >= 0.6 is 0 Å². The monoisotopic (exact) mass is 333 g/mol. The minimum absolute atomic E-state index is 0.0446. The van der Waals surface area contributed by atoms with E-state index >= 15 is 0 Å². The number of imidazole rings is 1. The first kappa shape index (κ1) is 15.8. The number of H-pyrrole nitrogens is 1. The quantitative estimate of drug-likeness (QED) is 0.575. The van der Waals surface area contributed by atoms with E-state index in [4.69, 9.17) is 0 Å². The summed E-state index contributed by atoms with van der Waals surface area (Å²) in [6.45, 7) is 7.16. The maximum Gasteiger partial charge on any atom is 0.328 e. The Kier molecular flexibility index (Phi) is 3.39. The number of hydrogen-bond donors (Lipinski definition) is 1. The minimum Gasteiger partial charge on any atom is -0.361 e. The molecular weight excluding hydrogens is 310 g/mol. The molecule has 4 nitrogen and oxygen atoms in total. The summed E-state index contributed by atoms with van der Waals surface area (Å²) in [4.78, 5) is 15.9. The van der Waals surface area contributed by atoms with Gasteiger partial charge in [0.1, 0.15) is 0 Å². The third-order valence-corrected chi connectivity index (χ3v) is 4.66. The molecule has 0 unspecified atom stereocenters. The second kappa shape index (κ2) is 5.38. The van der Waals surface area contributed by atoms with Crippen LogP contribution in [-0.4, -0.2) is 14.1 Å². The summed E-state index contributed by atoms with van der Waals surface area (Å²) in [6, 6.07) is 14.8. The van der Waals surface area contributed by atoms with Crippen molar-refractivity contribution < 1.29 is 0 Å². The molecule has 0 spiro atoms. The number of nitrogens with one attached hydrogen (secondary N) is 1. The van der Waals surface area contributed by atoms with Crippen LogP contribution in [0.15, 0.2) is 53.5 Å². The Balaban J connectivity index is 1.88. The minimum atomic E-state index is 0.0446. The van der Waals surface area contributed by atoms with Crippen LogP contribution in [0, 0.1) is 5.41 Å². The Hall–Kier alpha value is -2.75. The van der Waals surface area contributed by atoms with Crippen molar-refractivity contribution in [3.63, 3.8) is 0 Å².